The maximum atomic E-state index is 13.6. The first-order valence-corrected chi connectivity index (χ1v) is 13.1. The summed E-state index contributed by atoms with van der Waals surface area (Å²) in [5.41, 5.74) is 2.16. The number of anilines is 1. The molecule has 0 bridgehead atoms. The maximum Gasteiger partial charge on any atom is 0.314 e. The van der Waals surface area contributed by atoms with Gasteiger partial charge in [-0.25, -0.2) is 0 Å². The van der Waals surface area contributed by atoms with E-state index < -0.39 is 17.7 Å². The number of nitrogens with zero attached hydrogens (tertiary/aromatic N) is 6. The first kappa shape index (κ1) is 26.9. The van der Waals surface area contributed by atoms with Crippen molar-refractivity contribution < 1.29 is 22.8 Å². The van der Waals surface area contributed by atoms with Crippen molar-refractivity contribution in [2.45, 2.75) is 46.1 Å². The minimum Gasteiger partial charge on any atom is -0.415 e. The van der Waals surface area contributed by atoms with Crippen LogP contribution in [0.3, 0.4) is 0 Å². The second-order valence-corrected chi connectivity index (χ2v) is 11.0. The van der Waals surface area contributed by atoms with E-state index in [2.05, 4.69) is 38.8 Å². The Labute approximate surface area is 225 Å². The van der Waals surface area contributed by atoms with Crippen LogP contribution in [-0.2, 0) is 16.8 Å². The summed E-state index contributed by atoms with van der Waals surface area (Å²) in [5.74, 6) is -0.895. The van der Waals surface area contributed by atoms with E-state index in [1.165, 1.54) is 11.1 Å². The molecule has 0 saturated carbocycles. The number of imide groups is 1. The molecule has 2 aromatic heterocycles. The molecule has 0 spiro atoms. The number of aromatic nitrogens is 3. The van der Waals surface area contributed by atoms with Crippen LogP contribution in [0.15, 0.2) is 40.9 Å². The Morgan fingerprint density at radius 1 is 1.03 bits per heavy atom. The lowest BCUT2D eigenvalue weighted by atomic mass is 9.77. The highest BCUT2D eigenvalue weighted by atomic mass is 19.3. The van der Waals surface area contributed by atoms with Gasteiger partial charge in [-0.3, -0.25) is 24.4 Å². The summed E-state index contributed by atoms with van der Waals surface area (Å²) in [6.07, 6.45) is -1.47. The van der Waals surface area contributed by atoms with Gasteiger partial charge in [-0.05, 0) is 55.7 Å². The molecule has 4 heterocycles. The highest BCUT2D eigenvalue weighted by molar-refractivity contribution is 6.13. The van der Waals surface area contributed by atoms with Crippen LogP contribution in [0.25, 0.3) is 11.5 Å². The minimum absolute atomic E-state index is 0.0213. The number of carbonyl (C=O) groups excluding carboxylic acids is 2. The molecule has 5 rings (SSSR count). The molecule has 0 aliphatic carbocycles. The van der Waals surface area contributed by atoms with E-state index in [0.29, 0.717) is 22.7 Å². The number of piperazine rings is 1. The average molecular weight is 539 g/mol. The van der Waals surface area contributed by atoms with Crippen LogP contribution >= 0.6 is 0 Å². The molecule has 0 radical (unpaired) electrons. The Hall–Kier alpha value is -3.73. The summed E-state index contributed by atoms with van der Waals surface area (Å²) in [6.45, 7) is 12.9. The minimum atomic E-state index is -2.86. The molecular weight excluding hydrogens is 506 g/mol. The first-order chi connectivity index (χ1) is 18.5. The number of amides is 2. The standard InChI is InChI=1S/C28H32F2N6O3/c1-17(2)15-34-9-11-35(12-10-34)20-7-8-21-22(13-20)28(3,4)27(38)36(26(21)37)16-19-6-5-18(14-31-19)24-32-33-25(39-24)23(29)30/h5-8,13-14,17,23H,9-12,15-16H2,1-4H3. The molecule has 2 aliphatic rings. The molecule has 0 N–H and O–H groups in total. The topological polar surface area (TPSA) is 95.7 Å². The van der Waals surface area contributed by atoms with Crippen LogP contribution in [0.4, 0.5) is 14.5 Å². The number of hydrogen-bond donors (Lipinski definition) is 0. The van der Waals surface area contributed by atoms with Crippen molar-refractivity contribution >= 4 is 17.5 Å². The summed E-state index contributed by atoms with van der Waals surface area (Å²) in [7, 11) is 0. The van der Waals surface area contributed by atoms with E-state index in [-0.39, 0.29) is 24.2 Å². The van der Waals surface area contributed by atoms with Gasteiger partial charge in [0.2, 0.25) is 11.8 Å². The number of halogens is 2. The van der Waals surface area contributed by atoms with E-state index in [0.717, 1.165) is 44.0 Å². The van der Waals surface area contributed by atoms with Crippen LogP contribution in [0.2, 0.25) is 0 Å². The third kappa shape index (κ3) is 5.27. The lowest BCUT2D eigenvalue weighted by Crippen LogP contribution is -2.51. The molecule has 0 atom stereocenters. The lowest BCUT2D eigenvalue weighted by molar-refractivity contribution is -0.134. The fourth-order valence-electron chi connectivity index (χ4n) is 5.22. The van der Waals surface area contributed by atoms with Gasteiger partial charge in [-0.15, -0.1) is 10.2 Å². The van der Waals surface area contributed by atoms with Gasteiger partial charge in [-0.2, -0.15) is 8.78 Å². The van der Waals surface area contributed by atoms with Gasteiger partial charge in [0.1, 0.15) is 0 Å². The van der Waals surface area contributed by atoms with Crippen molar-refractivity contribution in [2.24, 2.45) is 5.92 Å². The molecular formula is C28H32F2N6O3. The summed E-state index contributed by atoms with van der Waals surface area (Å²) in [4.78, 5) is 37.3. The Kier molecular flexibility index (Phi) is 7.19. The monoisotopic (exact) mass is 538 g/mol. The summed E-state index contributed by atoms with van der Waals surface area (Å²) in [6, 6.07) is 8.96. The summed E-state index contributed by atoms with van der Waals surface area (Å²) in [5, 5.41) is 6.93. The number of alkyl halides is 2. The number of rotatable bonds is 7. The molecule has 9 nitrogen and oxygen atoms in total. The third-order valence-corrected chi connectivity index (χ3v) is 7.31. The SMILES string of the molecule is CC(C)CN1CCN(c2ccc3c(c2)C(C)(C)C(=O)N(Cc2ccc(-c4nnc(C(F)F)o4)cn2)C3=O)CC1. The van der Waals surface area contributed by atoms with Crippen LogP contribution in [0.5, 0.6) is 0 Å². The normalized spacial score (nSPS) is 17.8. The van der Waals surface area contributed by atoms with Crippen LogP contribution in [0.1, 0.15) is 61.6 Å². The van der Waals surface area contributed by atoms with E-state index in [1.807, 2.05) is 32.0 Å². The highest BCUT2D eigenvalue weighted by Gasteiger charge is 2.44. The molecule has 1 fully saturated rings. The number of benzene rings is 1. The molecule has 3 aromatic rings. The van der Waals surface area contributed by atoms with E-state index in [9.17, 15) is 18.4 Å². The maximum absolute atomic E-state index is 13.6. The van der Waals surface area contributed by atoms with Gasteiger partial charge in [0.15, 0.2) is 0 Å². The molecule has 0 unspecified atom stereocenters. The van der Waals surface area contributed by atoms with Gasteiger partial charge in [0.05, 0.1) is 23.2 Å². The fraction of sp³-hybridized carbons (Fsp3) is 0.464. The van der Waals surface area contributed by atoms with Crippen LogP contribution in [0, 0.1) is 5.92 Å². The Morgan fingerprint density at radius 2 is 1.77 bits per heavy atom. The average Bonchev–Trinajstić information content (AvgIpc) is 3.41. The zero-order valence-electron chi connectivity index (χ0n) is 22.5. The number of hydrogen-bond acceptors (Lipinski definition) is 8. The first-order valence-electron chi connectivity index (χ1n) is 13.1. The van der Waals surface area contributed by atoms with Crippen molar-refractivity contribution in [3.63, 3.8) is 0 Å². The second-order valence-electron chi connectivity index (χ2n) is 11.0. The van der Waals surface area contributed by atoms with E-state index >= 15 is 0 Å². The van der Waals surface area contributed by atoms with E-state index in [4.69, 9.17) is 4.42 Å². The predicted octanol–water partition coefficient (Wildman–Crippen LogP) is 4.31. The lowest BCUT2D eigenvalue weighted by Gasteiger charge is -2.40. The predicted molar refractivity (Wildman–Crippen MR) is 140 cm³/mol. The fourth-order valence-corrected chi connectivity index (χ4v) is 5.22. The van der Waals surface area contributed by atoms with Gasteiger partial charge in [0, 0.05) is 50.2 Å². The zero-order valence-corrected chi connectivity index (χ0v) is 22.5. The Bertz CT molecular complexity index is 1360. The quantitative estimate of drug-likeness (QED) is 0.411. The second kappa shape index (κ2) is 10.4. The summed E-state index contributed by atoms with van der Waals surface area (Å²) >= 11 is 0. The largest absolute Gasteiger partial charge is 0.415 e. The van der Waals surface area contributed by atoms with Crippen molar-refractivity contribution in [3.8, 4) is 11.5 Å². The number of fused-ring (bicyclic) bond motifs is 1. The van der Waals surface area contributed by atoms with Crippen molar-refractivity contribution in [2.75, 3.05) is 37.6 Å². The Morgan fingerprint density at radius 3 is 2.38 bits per heavy atom. The molecule has 11 heteroatoms. The zero-order chi connectivity index (χ0) is 27.9. The van der Waals surface area contributed by atoms with Crippen molar-refractivity contribution in [1.29, 1.82) is 0 Å². The molecule has 39 heavy (non-hydrogen) atoms. The van der Waals surface area contributed by atoms with Gasteiger partial charge < -0.3 is 9.32 Å². The Balaban J connectivity index is 1.33. The summed E-state index contributed by atoms with van der Waals surface area (Å²) < 4.78 is 30.4. The van der Waals surface area contributed by atoms with Crippen molar-refractivity contribution in [1.82, 2.24) is 25.0 Å². The number of carbonyl (C=O) groups is 2. The van der Waals surface area contributed by atoms with Crippen LogP contribution < -0.4 is 4.90 Å². The van der Waals surface area contributed by atoms with Gasteiger partial charge in [0.25, 0.3) is 11.8 Å². The van der Waals surface area contributed by atoms with E-state index in [1.54, 1.807) is 12.1 Å². The third-order valence-electron chi connectivity index (χ3n) is 7.31. The molecule has 2 aliphatic heterocycles. The smallest absolute Gasteiger partial charge is 0.314 e. The van der Waals surface area contributed by atoms with Gasteiger partial charge in [-0.1, -0.05) is 13.8 Å². The molecule has 206 valence electrons. The molecule has 1 aromatic carbocycles. The molecule has 1 saturated heterocycles. The van der Waals surface area contributed by atoms with Crippen molar-refractivity contribution in [3.05, 3.63) is 59.2 Å². The highest BCUT2D eigenvalue weighted by Crippen LogP contribution is 2.37. The van der Waals surface area contributed by atoms with Crippen LogP contribution in [-0.4, -0.2) is 69.5 Å². The number of pyridine rings is 1. The van der Waals surface area contributed by atoms with Gasteiger partial charge >= 0.3 is 6.43 Å². The molecule has 2 amide bonds.